The van der Waals surface area contributed by atoms with Crippen molar-refractivity contribution in [2.45, 2.75) is 6.92 Å². The van der Waals surface area contributed by atoms with Crippen LogP contribution in [0.2, 0.25) is 0 Å². The van der Waals surface area contributed by atoms with Gasteiger partial charge in [0.1, 0.15) is 0 Å². The predicted octanol–water partition coefficient (Wildman–Crippen LogP) is -0.676. The second-order valence-electron chi connectivity index (χ2n) is 4.81. The minimum atomic E-state index is -0.383. The number of aromatic amines is 1. The molecule has 2 N–H and O–H groups in total. The molecule has 2 aromatic rings. The monoisotopic (exact) mass is 280 g/mol. The lowest BCUT2D eigenvalue weighted by Gasteiger charge is -2.13. The number of anilines is 1. The Bertz CT molecular complexity index is 726. The normalized spacial score (nSPS) is 11.4. The molecule has 20 heavy (non-hydrogen) atoms. The van der Waals surface area contributed by atoms with Crippen molar-refractivity contribution in [1.82, 2.24) is 24.0 Å². The predicted molar refractivity (Wildman–Crippen MR) is 78.2 cm³/mol. The minimum Gasteiger partial charge on any atom is -0.354 e. The Morgan fingerprint density at radius 1 is 1.30 bits per heavy atom. The molecule has 0 aliphatic carbocycles. The SMILES string of the molecule is CCN(C)CCNc1nc2c([nH]1)c(=O)n(C)c(=O)n2C. The average Bonchev–Trinajstić information content (AvgIpc) is 2.87. The standard InChI is InChI=1S/C12H20N6O2/c1-5-16(2)7-6-13-11-14-8-9(15-11)17(3)12(20)18(4)10(8)19/h5-7H2,1-4H3,(H2,13,14,15). The summed E-state index contributed by atoms with van der Waals surface area (Å²) in [6.07, 6.45) is 0. The second kappa shape index (κ2) is 5.49. The molecule has 0 saturated heterocycles. The first-order valence-electron chi connectivity index (χ1n) is 6.53. The molecule has 8 nitrogen and oxygen atoms in total. The lowest BCUT2D eigenvalue weighted by molar-refractivity contribution is 0.367. The molecule has 0 spiro atoms. The fraction of sp³-hybridized carbons (Fsp3) is 0.583. The Morgan fingerprint density at radius 3 is 2.65 bits per heavy atom. The quantitative estimate of drug-likeness (QED) is 0.758. The number of hydrogen-bond donors (Lipinski definition) is 2. The van der Waals surface area contributed by atoms with E-state index in [1.807, 2.05) is 7.05 Å². The molecule has 110 valence electrons. The van der Waals surface area contributed by atoms with Crippen LogP contribution in [-0.4, -0.2) is 50.7 Å². The minimum absolute atomic E-state index is 0.334. The molecule has 0 aliphatic rings. The third-order valence-electron chi connectivity index (χ3n) is 3.42. The van der Waals surface area contributed by atoms with Crippen LogP contribution in [0.25, 0.3) is 11.2 Å². The fourth-order valence-electron chi connectivity index (χ4n) is 1.93. The van der Waals surface area contributed by atoms with Crippen molar-refractivity contribution in [3.63, 3.8) is 0 Å². The average molecular weight is 280 g/mol. The third-order valence-corrected chi connectivity index (χ3v) is 3.42. The number of nitrogens with zero attached hydrogens (tertiary/aromatic N) is 4. The molecular formula is C12H20N6O2. The van der Waals surface area contributed by atoms with Crippen molar-refractivity contribution in [3.8, 4) is 0 Å². The van der Waals surface area contributed by atoms with Crippen LogP contribution < -0.4 is 16.6 Å². The van der Waals surface area contributed by atoms with E-state index in [1.165, 1.54) is 11.6 Å². The summed E-state index contributed by atoms with van der Waals surface area (Å²) in [4.78, 5) is 33.1. The van der Waals surface area contributed by atoms with Gasteiger partial charge in [0.05, 0.1) is 0 Å². The maximum absolute atomic E-state index is 12.0. The van der Waals surface area contributed by atoms with Gasteiger partial charge in [-0.2, -0.15) is 4.98 Å². The first-order chi connectivity index (χ1) is 9.45. The van der Waals surface area contributed by atoms with E-state index in [4.69, 9.17) is 0 Å². The van der Waals surface area contributed by atoms with Gasteiger partial charge in [0.2, 0.25) is 5.95 Å². The molecular weight excluding hydrogens is 260 g/mol. The zero-order valence-corrected chi connectivity index (χ0v) is 12.2. The van der Waals surface area contributed by atoms with Gasteiger partial charge in [0.25, 0.3) is 5.56 Å². The molecule has 2 heterocycles. The van der Waals surface area contributed by atoms with Gasteiger partial charge in [-0.05, 0) is 13.6 Å². The van der Waals surface area contributed by atoms with Crippen molar-refractivity contribution in [1.29, 1.82) is 0 Å². The Kier molecular flexibility index (Phi) is 3.93. The summed E-state index contributed by atoms with van der Waals surface area (Å²) >= 11 is 0. The maximum Gasteiger partial charge on any atom is 0.332 e. The Balaban J connectivity index is 2.30. The molecule has 2 aromatic heterocycles. The van der Waals surface area contributed by atoms with Gasteiger partial charge in [0.15, 0.2) is 11.2 Å². The molecule has 0 atom stereocenters. The summed E-state index contributed by atoms with van der Waals surface area (Å²) in [5.41, 5.74) is -0.0500. The number of likely N-dealkylation sites (N-methyl/N-ethyl adjacent to an activating group) is 1. The topological polar surface area (TPSA) is 88.0 Å². The van der Waals surface area contributed by atoms with E-state index in [9.17, 15) is 9.59 Å². The first kappa shape index (κ1) is 14.3. The number of aromatic nitrogens is 4. The number of nitrogens with one attached hydrogen (secondary N) is 2. The number of aryl methyl sites for hydroxylation is 1. The Hall–Kier alpha value is -2.09. The smallest absolute Gasteiger partial charge is 0.332 e. The van der Waals surface area contributed by atoms with E-state index in [-0.39, 0.29) is 11.2 Å². The van der Waals surface area contributed by atoms with Crippen molar-refractivity contribution in [3.05, 3.63) is 20.8 Å². The zero-order valence-electron chi connectivity index (χ0n) is 12.2. The van der Waals surface area contributed by atoms with E-state index in [1.54, 1.807) is 7.05 Å². The molecule has 0 unspecified atom stereocenters. The van der Waals surface area contributed by atoms with Gasteiger partial charge in [0, 0.05) is 27.2 Å². The van der Waals surface area contributed by atoms with Gasteiger partial charge in [-0.15, -0.1) is 0 Å². The van der Waals surface area contributed by atoms with E-state index in [0.717, 1.165) is 17.7 Å². The molecule has 8 heteroatoms. The highest BCUT2D eigenvalue weighted by molar-refractivity contribution is 5.72. The van der Waals surface area contributed by atoms with E-state index in [2.05, 4.69) is 27.1 Å². The van der Waals surface area contributed by atoms with Gasteiger partial charge in [-0.25, -0.2) is 4.79 Å². The molecule has 0 aromatic carbocycles. The third kappa shape index (κ3) is 2.46. The van der Waals surface area contributed by atoms with Gasteiger partial charge in [-0.1, -0.05) is 6.92 Å². The van der Waals surface area contributed by atoms with Gasteiger partial charge >= 0.3 is 5.69 Å². The van der Waals surface area contributed by atoms with Crippen LogP contribution in [0.3, 0.4) is 0 Å². The number of fused-ring (bicyclic) bond motifs is 1. The van der Waals surface area contributed by atoms with Crippen LogP contribution in [-0.2, 0) is 14.1 Å². The van der Waals surface area contributed by atoms with Crippen molar-refractivity contribution >= 4 is 17.1 Å². The van der Waals surface area contributed by atoms with Crippen molar-refractivity contribution < 1.29 is 0 Å². The van der Waals surface area contributed by atoms with Crippen LogP contribution in [0.15, 0.2) is 9.59 Å². The Morgan fingerprint density at radius 2 is 2.00 bits per heavy atom. The highest BCUT2D eigenvalue weighted by Crippen LogP contribution is 2.07. The number of hydrogen-bond acceptors (Lipinski definition) is 5. The molecule has 0 saturated carbocycles. The van der Waals surface area contributed by atoms with Crippen LogP contribution in [0.5, 0.6) is 0 Å². The van der Waals surface area contributed by atoms with E-state index < -0.39 is 0 Å². The number of imidazole rings is 1. The molecule has 0 amide bonds. The highest BCUT2D eigenvalue weighted by atomic mass is 16.2. The van der Waals surface area contributed by atoms with Gasteiger partial charge in [-0.3, -0.25) is 13.9 Å². The van der Waals surface area contributed by atoms with E-state index in [0.29, 0.717) is 23.7 Å². The summed E-state index contributed by atoms with van der Waals surface area (Å²) in [7, 11) is 5.08. The fourth-order valence-corrected chi connectivity index (χ4v) is 1.93. The zero-order chi connectivity index (χ0) is 14.9. The van der Waals surface area contributed by atoms with Crippen molar-refractivity contribution in [2.24, 2.45) is 14.1 Å². The van der Waals surface area contributed by atoms with Crippen molar-refractivity contribution in [2.75, 3.05) is 32.0 Å². The maximum atomic E-state index is 12.0. The summed E-state index contributed by atoms with van der Waals surface area (Å²) in [5.74, 6) is 0.503. The second-order valence-corrected chi connectivity index (χ2v) is 4.81. The number of rotatable bonds is 5. The largest absolute Gasteiger partial charge is 0.354 e. The van der Waals surface area contributed by atoms with Crippen LogP contribution >= 0.6 is 0 Å². The van der Waals surface area contributed by atoms with Gasteiger partial charge < -0.3 is 15.2 Å². The summed E-state index contributed by atoms with van der Waals surface area (Å²) in [6, 6.07) is 0. The lowest BCUT2D eigenvalue weighted by atomic mass is 10.5. The van der Waals surface area contributed by atoms with Crippen LogP contribution in [0.4, 0.5) is 5.95 Å². The van der Waals surface area contributed by atoms with E-state index >= 15 is 0 Å². The molecule has 2 rings (SSSR count). The number of H-pyrrole nitrogens is 1. The van der Waals surface area contributed by atoms with Crippen LogP contribution in [0, 0.1) is 0 Å². The lowest BCUT2D eigenvalue weighted by Crippen LogP contribution is -2.36. The molecule has 0 radical (unpaired) electrons. The Labute approximate surface area is 116 Å². The van der Waals surface area contributed by atoms with Crippen LogP contribution in [0.1, 0.15) is 6.92 Å². The summed E-state index contributed by atoms with van der Waals surface area (Å²) in [5, 5.41) is 3.12. The summed E-state index contributed by atoms with van der Waals surface area (Å²) in [6.45, 7) is 4.63. The molecule has 0 aliphatic heterocycles. The molecule has 0 fully saturated rings. The summed E-state index contributed by atoms with van der Waals surface area (Å²) < 4.78 is 2.42. The first-order valence-corrected chi connectivity index (χ1v) is 6.53. The molecule has 0 bridgehead atoms. The highest BCUT2D eigenvalue weighted by Gasteiger charge is 2.12.